The Balaban J connectivity index is 1.85. The first-order chi connectivity index (χ1) is 9.95. The van der Waals surface area contributed by atoms with Crippen LogP contribution in [0, 0.1) is 11.8 Å². The number of amides is 1. The van der Waals surface area contributed by atoms with Gasteiger partial charge in [0.05, 0.1) is 6.10 Å². The van der Waals surface area contributed by atoms with Crippen LogP contribution in [0.4, 0.5) is 11.4 Å². The lowest BCUT2D eigenvalue weighted by Gasteiger charge is -2.31. The van der Waals surface area contributed by atoms with Crippen molar-refractivity contribution in [2.45, 2.75) is 39.2 Å². The van der Waals surface area contributed by atoms with Gasteiger partial charge < -0.3 is 15.4 Å². The second-order valence-corrected chi connectivity index (χ2v) is 6.39. The molecule has 21 heavy (non-hydrogen) atoms. The lowest BCUT2D eigenvalue weighted by Crippen LogP contribution is -2.34. The Morgan fingerprint density at radius 2 is 1.76 bits per heavy atom. The van der Waals surface area contributed by atoms with Crippen LogP contribution in [0.15, 0.2) is 24.3 Å². The second kappa shape index (κ2) is 6.94. The van der Waals surface area contributed by atoms with E-state index in [1.165, 1.54) is 6.42 Å². The minimum absolute atomic E-state index is 0.0225. The smallest absolute Gasteiger partial charge is 0.252 e. The molecule has 1 aromatic rings. The first-order valence-corrected chi connectivity index (χ1v) is 7.69. The number of rotatable bonds is 4. The summed E-state index contributed by atoms with van der Waals surface area (Å²) in [4.78, 5) is 13.8. The minimum Gasteiger partial charge on any atom is -0.399 e. The van der Waals surface area contributed by atoms with Gasteiger partial charge in [-0.2, -0.15) is 0 Å². The first kappa shape index (κ1) is 15.8. The van der Waals surface area contributed by atoms with Crippen LogP contribution < -0.4 is 10.6 Å². The van der Waals surface area contributed by atoms with Crippen molar-refractivity contribution in [3.05, 3.63) is 24.3 Å². The molecule has 0 aliphatic heterocycles. The molecular weight excluding hydrogens is 264 g/mol. The molecule has 0 bridgehead atoms. The number of hydrogen-bond acceptors (Lipinski definition) is 3. The molecule has 1 fully saturated rings. The van der Waals surface area contributed by atoms with Crippen LogP contribution >= 0.6 is 0 Å². The molecule has 2 rings (SSSR count). The zero-order valence-electron chi connectivity index (χ0n) is 13.2. The van der Waals surface area contributed by atoms with Gasteiger partial charge in [-0.3, -0.25) is 4.79 Å². The predicted octanol–water partition coefficient (Wildman–Crippen LogP) is 3.07. The van der Waals surface area contributed by atoms with Crippen LogP contribution in [0.25, 0.3) is 0 Å². The molecule has 1 aliphatic carbocycles. The number of nitrogen functional groups attached to an aromatic ring is 1. The summed E-state index contributed by atoms with van der Waals surface area (Å²) >= 11 is 0. The number of ether oxygens (including phenoxy) is 1. The number of carbonyl (C=O) groups is 1. The minimum atomic E-state index is -0.0225. The van der Waals surface area contributed by atoms with Crippen molar-refractivity contribution >= 4 is 17.3 Å². The molecule has 0 aromatic heterocycles. The van der Waals surface area contributed by atoms with E-state index in [2.05, 4.69) is 13.8 Å². The van der Waals surface area contributed by atoms with Gasteiger partial charge in [0.2, 0.25) is 0 Å². The van der Waals surface area contributed by atoms with E-state index in [1.807, 2.05) is 12.1 Å². The first-order valence-electron chi connectivity index (χ1n) is 7.69. The number of benzene rings is 1. The topological polar surface area (TPSA) is 55.6 Å². The fourth-order valence-corrected chi connectivity index (χ4v) is 3.14. The molecule has 2 N–H and O–H groups in total. The molecule has 4 nitrogen and oxygen atoms in total. The number of nitrogens with two attached hydrogens (primary N) is 1. The van der Waals surface area contributed by atoms with Gasteiger partial charge in [-0.15, -0.1) is 0 Å². The number of carbonyl (C=O) groups excluding carboxylic acids is 1. The Kier molecular flexibility index (Phi) is 5.23. The maximum absolute atomic E-state index is 12.2. The Morgan fingerprint density at radius 1 is 1.19 bits per heavy atom. The molecule has 1 saturated carbocycles. The predicted molar refractivity (Wildman–Crippen MR) is 86.2 cm³/mol. The summed E-state index contributed by atoms with van der Waals surface area (Å²) in [5, 5.41) is 0. The second-order valence-electron chi connectivity index (χ2n) is 6.39. The van der Waals surface area contributed by atoms with Crippen LogP contribution in [0.1, 0.15) is 33.1 Å². The molecule has 0 radical (unpaired) electrons. The highest BCUT2D eigenvalue weighted by molar-refractivity contribution is 5.93. The molecular formula is C17H26N2O2. The SMILES string of the molecule is CC1CC(C)CC(OCC(=O)N(C)c2ccc(N)cc2)C1. The van der Waals surface area contributed by atoms with Crippen molar-refractivity contribution in [2.24, 2.45) is 11.8 Å². The molecule has 116 valence electrons. The maximum atomic E-state index is 12.2. The van der Waals surface area contributed by atoms with Crippen LogP contribution in [-0.2, 0) is 9.53 Å². The zero-order chi connectivity index (χ0) is 15.4. The molecule has 2 unspecified atom stereocenters. The molecule has 4 heteroatoms. The number of anilines is 2. The van der Waals surface area contributed by atoms with Crippen LogP contribution in [0.5, 0.6) is 0 Å². The fraction of sp³-hybridized carbons (Fsp3) is 0.588. The van der Waals surface area contributed by atoms with E-state index in [9.17, 15) is 4.79 Å². The molecule has 1 aromatic carbocycles. The largest absolute Gasteiger partial charge is 0.399 e. The van der Waals surface area contributed by atoms with Crippen LogP contribution in [0.2, 0.25) is 0 Å². The van der Waals surface area contributed by atoms with E-state index in [4.69, 9.17) is 10.5 Å². The monoisotopic (exact) mass is 290 g/mol. The Morgan fingerprint density at radius 3 is 2.33 bits per heavy atom. The van der Waals surface area contributed by atoms with E-state index in [1.54, 1.807) is 24.1 Å². The van der Waals surface area contributed by atoms with E-state index in [-0.39, 0.29) is 18.6 Å². The number of likely N-dealkylation sites (N-methyl/N-ethyl adjacent to an activating group) is 1. The summed E-state index contributed by atoms with van der Waals surface area (Å²) in [7, 11) is 1.77. The Bertz CT molecular complexity index is 462. The quantitative estimate of drug-likeness (QED) is 0.867. The summed E-state index contributed by atoms with van der Waals surface area (Å²) in [5.41, 5.74) is 7.19. The Hall–Kier alpha value is -1.55. The van der Waals surface area contributed by atoms with Crippen molar-refractivity contribution in [3.8, 4) is 0 Å². The van der Waals surface area contributed by atoms with Crippen LogP contribution in [0.3, 0.4) is 0 Å². The highest BCUT2D eigenvalue weighted by atomic mass is 16.5. The van der Waals surface area contributed by atoms with Gasteiger partial charge in [0.1, 0.15) is 6.61 Å². The lowest BCUT2D eigenvalue weighted by atomic mass is 9.82. The fourth-order valence-electron chi connectivity index (χ4n) is 3.14. The summed E-state index contributed by atoms with van der Waals surface area (Å²) < 4.78 is 5.84. The maximum Gasteiger partial charge on any atom is 0.252 e. The van der Waals surface area contributed by atoms with Crippen molar-refractivity contribution in [1.82, 2.24) is 0 Å². The summed E-state index contributed by atoms with van der Waals surface area (Å²) in [5.74, 6) is 1.35. The van der Waals surface area contributed by atoms with Gasteiger partial charge >= 0.3 is 0 Å². The van der Waals surface area contributed by atoms with E-state index in [0.717, 1.165) is 18.5 Å². The number of hydrogen-bond donors (Lipinski definition) is 1. The molecule has 0 heterocycles. The molecule has 0 saturated heterocycles. The van der Waals surface area contributed by atoms with Gasteiger partial charge in [0.15, 0.2) is 0 Å². The standard InChI is InChI=1S/C17H26N2O2/c1-12-8-13(2)10-16(9-12)21-11-17(20)19(3)15-6-4-14(18)5-7-15/h4-7,12-13,16H,8-11,18H2,1-3H3. The van der Waals surface area contributed by atoms with Gasteiger partial charge in [-0.05, 0) is 55.4 Å². The third-order valence-electron chi connectivity index (χ3n) is 4.23. The third-order valence-corrected chi connectivity index (χ3v) is 4.23. The van der Waals surface area contributed by atoms with Gasteiger partial charge in [-0.1, -0.05) is 13.8 Å². The number of nitrogens with zero attached hydrogens (tertiary/aromatic N) is 1. The van der Waals surface area contributed by atoms with E-state index < -0.39 is 0 Å². The third kappa shape index (κ3) is 4.46. The Labute approximate surface area is 127 Å². The lowest BCUT2D eigenvalue weighted by molar-refractivity contribution is -0.126. The summed E-state index contributed by atoms with van der Waals surface area (Å²) in [6, 6.07) is 7.28. The molecule has 1 amide bonds. The average Bonchev–Trinajstić information content (AvgIpc) is 2.44. The summed E-state index contributed by atoms with van der Waals surface area (Å²) in [6.07, 6.45) is 3.60. The summed E-state index contributed by atoms with van der Waals surface area (Å²) in [6.45, 7) is 4.66. The van der Waals surface area contributed by atoms with Crippen molar-refractivity contribution in [1.29, 1.82) is 0 Å². The van der Waals surface area contributed by atoms with E-state index >= 15 is 0 Å². The van der Waals surface area contributed by atoms with Crippen molar-refractivity contribution in [2.75, 3.05) is 24.3 Å². The van der Waals surface area contributed by atoms with Crippen molar-refractivity contribution < 1.29 is 9.53 Å². The molecule has 0 spiro atoms. The average molecular weight is 290 g/mol. The normalized spacial score (nSPS) is 25.6. The van der Waals surface area contributed by atoms with Gasteiger partial charge in [0, 0.05) is 18.4 Å². The molecule has 1 aliphatic rings. The zero-order valence-corrected chi connectivity index (χ0v) is 13.2. The van der Waals surface area contributed by atoms with E-state index in [0.29, 0.717) is 17.5 Å². The van der Waals surface area contributed by atoms with Gasteiger partial charge in [0.25, 0.3) is 5.91 Å². The highest BCUT2D eigenvalue weighted by Gasteiger charge is 2.25. The van der Waals surface area contributed by atoms with Crippen LogP contribution in [-0.4, -0.2) is 25.7 Å². The highest BCUT2D eigenvalue weighted by Crippen LogP contribution is 2.30. The molecule has 2 atom stereocenters. The van der Waals surface area contributed by atoms with Crippen molar-refractivity contribution in [3.63, 3.8) is 0 Å². The van der Waals surface area contributed by atoms with Gasteiger partial charge in [-0.25, -0.2) is 0 Å².